The van der Waals surface area contributed by atoms with Gasteiger partial charge in [-0.3, -0.25) is 4.79 Å². The molecular formula is C18H21ClN4O2. The number of ketones is 1. The molecule has 132 valence electrons. The highest BCUT2D eigenvalue weighted by Gasteiger charge is 2.09. The van der Waals surface area contributed by atoms with E-state index in [1.54, 1.807) is 6.92 Å². The van der Waals surface area contributed by atoms with E-state index in [4.69, 9.17) is 17.3 Å². The van der Waals surface area contributed by atoms with Crippen LogP contribution in [0.15, 0.2) is 30.3 Å². The van der Waals surface area contributed by atoms with Crippen molar-refractivity contribution in [3.05, 3.63) is 47.2 Å². The Morgan fingerprint density at radius 3 is 2.60 bits per heavy atom. The lowest BCUT2D eigenvalue weighted by Gasteiger charge is -2.10. The van der Waals surface area contributed by atoms with E-state index >= 15 is 0 Å². The molecule has 0 aliphatic carbocycles. The molecule has 0 unspecified atom stereocenters. The lowest BCUT2D eigenvalue weighted by atomic mass is 10.1. The molecule has 0 spiro atoms. The van der Waals surface area contributed by atoms with Gasteiger partial charge in [-0.1, -0.05) is 23.7 Å². The van der Waals surface area contributed by atoms with Gasteiger partial charge < -0.3 is 16.2 Å². The van der Waals surface area contributed by atoms with Crippen LogP contribution >= 0.6 is 11.6 Å². The van der Waals surface area contributed by atoms with Crippen LogP contribution < -0.4 is 11.1 Å². The third kappa shape index (κ3) is 5.46. The summed E-state index contributed by atoms with van der Waals surface area (Å²) in [5, 5.41) is 13.6. The van der Waals surface area contributed by atoms with Gasteiger partial charge in [0.05, 0.1) is 5.03 Å². The van der Waals surface area contributed by atoms with Crippen LogP contribution in [0, 0.1) is 6.92 Å². The monoisotopic (exact) mass is 360 g/mol. The zero-order valence-corrected chi connectivity index (χ0v) is 15.0. The van der Waals surface area contributed by atoms with Gasteiger partial charge in [-0.2, -0.15) is 4.98 Å². The maximum Gasteiger partial charge on any atom is 0.223 e. The maximum absolute atomic E-state index is 11.0. The van der Waals surface area contributed by atoms with Gasteiger partial charge in [0.1, 0.15) is 0 Å². The van der Waals surface area contributed by atoms with E-state index in [-0.39, 0.29) is 17.6 Å². The van der Waals surface area contributed by atoms with E-state index in [1.807, 2.05) is 24.3 Å². The Kier molecular flexibility index (Phi) is 6.36. The highest BCUT2D eigenvalue weighted by atomic mass is 35.5. The molecule has 0 atom stereocenters. The topological polar surface area (TPSA) is 101 Å². The second-order valence-corrected chi connectivity index (χ2v) is 6.09. The highest BCUT2D eigenvalue weighted by Crippen LogP contribution is 2.22. The molecule has 2 rings (SSSR count). The van der Waals surface area contributed by atoms with Crippen molar-refractivity contribution in [2.24, 2.45) is 0 Å². The largest absolute Gasteiger partial charge is 0.493 e. The van der Waals surface area contributed by atoms with Crippen LogP contribution in [0.1, 0.15) is 30.2 Å². The number of aryl methyl sites for hydroxylation is 1. The lowest BCUT2D eigenvalue weighted by Crippen LogP contribution is -2.06. The van der Waals surface area contributed by atoms with Crippen molar-refractivity contribution >= 4 is 34.1 Å². The summed E-state index contributed by atoms with van der Waals surface area (Å²) < 4.78 is 0. The minimum absolute atomic E-state index is 0.0544. The molecule has 1 aromatic carbocycles. The molecule has 2 aromatic rings. The number of nitrogens with one attached hydrogen (secondary N) is 1. The van der Waals surface area contributed by atoms with Crippen LogP contribution in [-0.4, -0.2) is 27.4 Å². The number of nitrogens with zero attached hydrogens (tertiary/aromatic N) is 2. The summed E-state index contributed by atoms with van der Waals surface area (Å²) in [6, 6.07) is 7.52. The van der Waals surface area contributed by atoms with Crippen LogP contribution in [0.2, 0.25) is 0 Å². The molecule has 0 radical (unpaired) electrons. The summed E-state index contributed by atoms with van der Waals surface area (Å²) in [5.74, 6) is -0.0619. The number of rotatable bonds is 7. The fourth-order valence-electron chi connectivity index (χ4n) is 2.40. The smallest absolute Gasteiger partial charge is 0.223 e. The fourth-order valence-corrected chi connectivity index (χ4v) is 2.68. The second-order valence-electron chi connectivity index (χ2n) is 5.68. The van der Waals surface area contributed by atoms with E-state index in [9.17, 15) is 9.90 Å². The first-order chi connectivity index (χ1) is 11.9. The van der Waals surface area contributed by atoms with Crippen molar-refractivity contribution < 1.29 is 9.90 Å². The van der Waals surface area contributed by atoms with Gasteiger partial charge in [0.25, 0.3) is 0 Å². The van der Waals surface area contributed by atoms with Gasteiger partial charge in [-0.25, -0.2) is 4.98 Å². The summed E-state index contributed by atoms with van der Waals surface area (Å²) >= 11 is 6.06. The third-order valence-corrected chi connectivity index (χ3v) is 3.96. The summed E-state index contributed by atoms with van der Waals surface area (Å²) in [5.41, 5.74) is 8.65. The SMILES string of the molecule is CC(=O)C=C(Cl)c1ccc(NCCCc2c(C)nc(N)nc2O)cc1. The number of aromatic hydroxyl groups is 1. The number of aromatic nitrogens is 2. The summed E-state index contributed by atoms with van der Waals surface area (Å²) in [6.45, 7) is 3.99. The van der Waals surface area contributed by atoms with Gasteiger partial charge in [-0.05, 0) is 44.4 Å². The molecule has 0 aliphatic rings. The molecule has 0 bridgehead atoms. The molecule has 1 aromatic heterocycles. The Bertz CT molecular complexity index is 765. The number of anilines is 2. The number of halogens is 1. The van der Waals surface area contributed by atoms with E-state index < -0.39 is 0 Å². The van der Waals surface area contributed by atoms with Crippen LogP contribution in [0.25, 0.3) is 5.03 Å². The molecular weight excluding hydrogens is 340 g/mol. The Morgan fingerprint density at radius 2 is 2.00 bits per heavy atom. The maximum atomic E-state index is 11.0. The third-order valence-electron chi connectivity index (χ3n) is 3.63. The fraction of sp³-hybridized carbons (Fsp3) is 0.278. The number of nitrogen functional groups attached to an aromatic ring is 1. The second kappa shape index (κ2) is 8.48. The molecule has 7 heteroatoms. The van der Waals surface area contributed by atoms with Crippen molar-refractivity contribution in [3.8, 4) is 5.88 Å². The quantitative estimate of drug-likeness (QED) is 0.517. The van der Waals surface area contributed by atoms with Gasteiger partial charge >= 0.3 is 0 Å². The molecule has 25 heavy (non-hydrogen) atoms. The Hall–Kier alpha value is -2.60. The van der Waals surface area contributed by atoms with Crippen LogP contribution in [0.4, 0.5) is 11.6 Å². The minimum Gasteiger partial charge on any atom is -0.493 e. The van der Waals surface area contributed by atoms with E-state index in [0.29, 0.717) is 22.7 Å². The van der Waals surface area contributed by atoms with Gasteiger partial charge in [0.2, 0.25) is 11.8 Å². The number of carbonyl (C=O) groups is 1. The first kappa shape index (κ1) is 18.7. The number of nitrogens with two attached hydrogens (primary N) is 1. The van der Waals surface area contributed by atoms with Gasteiger partial charge in [-0.15, -0.1) is 0 Å². The Labute approximate surface area is 151 Å². The van der Waals surface area contributed by atoms with Gasteiger partial charge in [0, 0.05) is 29.6 Å². The number of carbonyl (C=O) groups excluding carboxylic acids is 1. The molecule has 0 saturated heterocycles. The lowest BCUT2D eigenvalue weighted by molar-refractivity contribution is -0.112. The number of hydrogen-bond acceptors (Lipinski definition) is 6. The minimum atomic E-state index is -0.0857. The average Bonchev–Trinajstić information content (AvgIpc) is 2.53. The van der Waals surface area contributed by atoms with Crippen molar-refractivity contribution in [2.75, 3.05) is 17.6 Å². The summed E-state index contributed by atoms with van der Waals surface area (Å²) in [7, 11) is 0. The molecule has 0 fully saturated rings. The van der Waals surface area contributed by atoms with Crippen molar-refractivity contribution in [1.29, 1.82) is 0 Å². The molecule has 1 heterocycles. The Morgan fingerprint density at radius 1 is 1.32 bits per heavy atom. The predicted molar refractivity (Wildman–Crippen MR) is 101 cm³/mol. The average molecular weight is 361 g/mol. The van der Waals surface area contributed by atoms with Gasteiger partial charge in [0.15, 0.2) is 5.78 Å². The zero-order valence-electron chi connectivity index (χ0n) is 14.2. The Balaban J connectivity index is 1.87. The predicted octanol–water partition coefficient (Wildman–Crippen LogP) is 3.29. The van der Waals surface area contributed by atoms with Crippen LogP contribution in [0.3, 0.4) is 0 Å². The summed E-state index contributed by atoms with van der Waals surface area (Å²) in [4.78, 5) is 18.9. The summed E-state index contributed by atoms with van der Waals surface area (Å²) in [6.07, 6.45) is 2.85. The highest BCUT2D eigenvalue weighted by molar-refractivity contribution is 6.50. The number of allylic oxidation sites excluding steroid dienone is 1. The van der Waals surface area contributed by atoms with E-state index in [1.165, 1.54) is 13.0 Å². The zero-order chi connectivity index (χ0) is 18.4. The first-order valence-electron chi connectivity index (χ1n) is 7.91. The normalized spacial score (nSPS) is 11.4. The molecule has 4 N–H and O–H groups in total. The number of benzene rings is 1. The molecule has 0 saturated carbocycles. The molecule has 0 amide bonds. The molecule has 0 aliphatic heterocycles. The van der Waals surface area contributed by atoms with Crippen LogP contribution in [-0.2, 0) is 11.2 Å². The van der Waals surface area contributed by atoms with E-state index in [0.717, 1.165) is 24.2 Å². The van der Waals surface area contributed by atoms with E-state index in [2.05, 4.69) is 15.3 Å². The van der Waals surface area contributed by atoms with Crippen molar-refractivity contribution in [1.82, 2.24) is 9.97 Å². The first-order valence-corrected chi connectivity index (χ1v) is 8.28. The molecule has 6 nitrogen and oxygen atoms in total. The van der Waals surface area contributed by atoms with Crippen LogP contribution in [0.5, 0.6) is 5.88 Å². The standard InChI is InChI=1S/C18H21ClN4O2/c1-11(24)10-16(19)13-5-7-14(8-6-13)21-9-3-4-15-12(2)22-18(20)23-17(15)25/h5-8,10,21H,3-4,9H2,1-2H3,(H3,20,22,23,25). The number of hydrogen-bond donors (Lipinski definition) is 3. The van der Waals surface area contributed by atoms with Crippen molar-refractivity contribution in [2.45, 2.75) is 26.7 Å². The van der Waals surface area contributed by atoms with Crippen molar-refractivity contribution in [3.63, 3.8) is 0 Å².